The first kappa shape index (κ1) is 16.6. The summed E-state index contributed by atoms with van der Waals surface area (Å²) in [5.41, 5.74) is 5.60. The third kappa shape index (κ3) is 7.50. The molecule has 0 heterocycles. The van der Waals surface area contributed by atoms with E-state index in [9.17, 15) is 4.79 Å². The summed E-state index contributed by atoms with van der Waals surface area (Å²) >= 11 is 0. The SMILES string of the molecule is COCCC(C)C(=O)CCC(CCN)C(C)C. The van der Waals surface area contributed by atoms with Crippen LogP contribution in [0.2, 0.25) is 0 Å². The number of carbonyl (C=O) groups is 1. The summed E-state index contributed by atoms with van der Waals surface area (Å²) in [5, 5.41) is 0. The maximum atomic E-state index is 11.9. The van der Waals surface area contributed by atoms with Crippen LogP contribution in [0.15, 0.2) is 0 Å². The van der Waals surface area contributed by atoms with E-state index in [0.29, 0.717) is 30.6 Å². The van der Waals surface area contributed by atoms with Gasteiger partial charge in [-0.3, -0.25) is 4.79 Å². The highest BCUT2D eigenvalue weighted by molar-refractivity contribution is 5.80. The van der Waals surface area contributed by atoms with Gasteiger partial charge in [0, 0.05) is 26.1 Å². The Bertz CT molecular complexity index is 204. The molecule has 2 N–H and O–H groups in total. The summed E-state index contributed by atoms with van der Waals surface area (Å²) in [6.45, 7) is 7.80. The standard InChI is InChI=1S/C14H29NO2/c1-11(2)13(7-9-15)5-6-14(16)12(3)8-10-17-4/h11-13H,5-10,15H2,1-4H3. The maximum Gasteiger partial charge on any atom is 0.135 e. The van der Waals surface area contributed by atoms with Gasteiger partial charge in [0.05, 0.1) is 0 Å². The summed E-state index contributed by atoms with van der Waals surface area (Å²) in [5.74, 6) is 1.68. The van der Waals surface area contributed by atoms with Gasteiger partial charge in [0.25, 0.3) is 0 Å². The monoisotopic (exact) mass is 243 g/mol. The molecule has 0 spiro atoms. The first-order valence-corrected chi connectivity index (χ1v) is 6.74. The fourth-order valence-corrected chi connectivity index (χ4v) is 2.05. The molecule has 102 valence electrons. The van der Waals surface area contributed by atoms with Crippen molar-refractivity contribution in [2.45, 2.75) is 46.5 Å². The van der Waals surface area contributed by atoms with Crippen LogP contribution >= 0.6 is 0 Å². The van der Waals surface area contributed by atoms with Gasteiger partial charge < -0.3 is 10.5 Å². The van der Waals surface area contributed by atoms with Crippen molar-refractivity contribution in [3.8, 4) is 0 Å². The van der Waals surface area contributed by atoms with Crippen LogP contribution in [-0.2, 0) is 9.53 Å². The maximum absolute atomic E-state index is 11.9. The Kier molecular flexibility index (Phi) is 9.37. The quantitative estimate of drug-likeness (QED) is 0.641. The lowest BCUT2D eigenvalue weighted by Gasteiger charge is -2.20. The topological polar surface area (TPSA) is 52.3 Å². The van der Waals surface area contributed by atoms with Gasteiger partial charge in [0.2, 0.25) is 0 Å². The molecule has 0 aromatic heterocycles. The van der Waals surface area contributed by atoms with E-state index in [1.807, 2.05) is 6.92 Å². The third-order valence-electron chi connectivity index (χ3n) is 3.55. The zero-order valence-electron chi connectivity index (χ0n) is 11.9. The predicted octanol–water partition coefficient (Wildman–Crippen LogP) is 2.63. The normalized spacial score (nSPS) is 14.9. The molecule has 0 saturated carbocycles. The van der Waals surface area contributed by atoms with E-state index in [1.54, 1.807) is 7.11 Å². The van der Waals surface area contributed by atoms with Gasteiger partial charge in [-0.15, -0.1) is 0 Å². The van der Waals surface area contributed by atoms with Crippen molar-refractivity contribution in [3.05, 3.63) is 0 Å². The molecule has 2 atom stereocenters. The lowest BCUT2D eigenvalue weighted by molar-refractivity contribution is -0.123. The van der Waals surface area contributed by atoms with E-state index in [4.69, 9.17) is 10.5 Å². The molecule has 0 rings (SSSR count). The number of hydrogen-bond donors (Lipinski definition) is 1. The molecule has 0 aromatic rings. The van der Waals surface area contributed by atoms with Crippen LogP contribution in [0.1, 0.15) is 46.5 Å². The van der Waals surface area contributed by atoms with Crippen molar-refractivity contribution >= 4 is 5.78 Å². The lowest BCUT2D eigenvalue weighted by atomic mass is 9.86. The highest BCUT2D eigenvalue weighted by Gasteiger charge is 2.17. The average Bonchev–Trinajstić information content (AvgIpc) is 2.30. The highest BCUT2D eigenvalue weighted by atomic mass is 16.5. The Balaban J connectivity index is 3.94. The minimum Gasteiger partial charge on any atom is -0.385 e. The number of carbonyl (C=O) groups excluding carboxylic acids is 1. The predicted molar refractivity (Wildman–Crippen MR) is 71.9 cm³/mol. The molecule has 17 heavy (non-hydrogen) atoms. The Morgan fingerprint density at radius 1 is 1.18 bits per heavy atom. The molecule has 0 amide bonds. The van der Waals surface area contributed by atoms with Crippen LogP contribution in [0.25, 0.3) is 0 Å². The van der Waals surface area contributed by atoms with Crippen LogP contribution in [0.3, 0.4) is 0 Å². The average molecular weight is 243 g/mol. The highest BCUT2D eigenvalue weighted by Crippen LogP contribution is 2.22. The molecule has 0 aliphatic rings. The molecule has 0 aromatic carbocycles. The van der Waals surface area contributed by atoms with Gasteiger partial charge in [-0.1, -0.05) is 20.8 Å². The summed E-state index contributed by atoms with van der Waals surface area (Å²) < 4.78 is 5.00. The van der Waals surface area contributed by atoms with Crippen molar-refractivity contribution < 1.29 is 9.53 Å². The van der Waals surface area contributed by atoms with Crippen molar-refractivity contribution in [2.75, 3.05) is 20.3 Å². The second kappa shape index (κ2) is 9.60. The van der Waals surface area contributed by atoms with Crippen LogP contribution < -0.4 is 5.73 Å². The summed E-state index contributed by atoms with van der Waals surface area (Å²) in [4.78, 5) is 11.9. The van der Waals surface area contributed by atoms with Gasteiger partial charge in [-0.05, 0) is 37.6 Å². The number of ketones is 1. The molecule has 0 bridgehead atoms. The third-order valence-corrected chi connectivity index (χ3v) is 3.55. The number of methoxy groups -OCH3 is 1. The molecule has 0 saturated heterocycles. The molecule has 0 aliphatic heterocycles. The summed E-state index contributed by atoms with van der Waals surface area (Å²) in [6.07, 6.45) is 3.52. The van der Waals surface area contributed by atoms with Crippen molar-refractivity contribution in [1.29, 1.82) is 0 Å². The Morgan fingerprint density at radius 3 is 2.29 bits per heavy atom. The van der Waals surface area contributed by atoms with Gasteiger partial charge in [0.1, 0.15) is 5.78 Å². The van der Waals surface area contributed by atoms with Crippen LogP contribution in [0.5, 0.6) is 0 Å². The molecule has 3 nitrogen and oxygen atoms in total. The minimum absolute atomic E-state index is 0.126. The van der Waals surface area contributed by atoms with Gasteiger partial charge >= 0.3 is 0 Å². The zero-order valence-corrected chi connectivity index (χ0v) is 11.9. The molecule has 0 aliphatic carbocycles. The molecule has 2 unspecified atom stereocenters. The second-order valence-electron chi connectivity index (χ2n) is 5.27. The van der Waals surface area contributed by atoms with E-state index in [1.165, 1.54) is 0 Å². The number of rotatable bonds is 10. The number of nitrogens with two attached hydrogens (primary N) is 1. The molecule has 0 radical (unpaired) electrons. The van der Waals surface area contributed by atoms with E-state index in [0.717, 1.165) is 25.8 Å². The van der Waals surface area contributed by atoms with Crippen molar-refractivity contribution in [3.63, 3.8) is 0 Å². The van der Waals surface area contributed by atoms with Crippen LogP contribution in [0.4, 0.5) is 0 Å². The molecular weight excluding hydrogens is 214 g/mol. The van der Waals surface area contributed by atoms with Gasteiger partial charge in [-0.25, -0.2) is 0 Å². The van der Waals surface area contributed by atoms with Gasteiger partial charge in [-0.2, -0.15) is 0 Å². The largest absolute Gasteiger partial charge is 0.385 e. The fourth-order valence-electron chi connectivity index (χ4n) is 2.05. The van der Waals surface area contributed by atoms with E-state index < -0.39 is 0 Å². The molecule has 0 fully saturated rings. The summed E-state index contributed by atoms with van der Waals surface area (Å²) in [7, 11) is 1.67. The van der Waals surface area contributed by atoms with E-state index >= 15 is 0 Å². The van der Waals surface area contributed by atoms with Crippen molar-refractivity contribution in [1.82, 2.24) is 0 Å². The van der Waals surface area contributed by atoms with Gasteiger partial charge in [0.15, 0.2) is 0 Å². The van der Waals surface area contributed by atoms with E-state index in [2.05, 4.69) is 13.8 Å². The van der Waals surface area contributed by atoms with Crippen molar-refractivity contribution in [2.24, 2.45) is 23.5 Å². The number of Topliss-reactive ketones (excluding diaryl/α,β-unsaturated/α-hetero) is 1. The Labute approximate surface area is 106 Å². The number of hydrogen-bond acceptors (Lipinski definition) is 3. The minimum atomic E-state index is 0.126. The Morgan fingerprint density at radius 2 is 1.82 bits per heavy atom. The Hall–Kier alpha value is -0.410. The lowest BCUT2D eigenvalue weighted by Crippen LogP contribution is -2.18. The molecular formula is C14H29NO2. The van der Waals surface area contributed by atoms with Crippen LogP contribution in [0, 0.1) is 17.8 Å². The fraction of sp³-hybridized carbons (Fsp3) is 0.929. The smallest absolute Gasteiger partial charge is 0.135 e. The van der Waals surface area contributed by atoms with Crippen LogP contribution in [-0.4, -0.2) is 26.0 Å². The zero-order chi connectivity index (χ0) is 13.3. The summed E-state index contributed by atoms with van der Waals surface area (Å²) in [6, 6.07) is 0. The number of ether oxygens (including phenoxy) is 1. The first-order valence-electron chi connectivity index (χ1n) is 6.74. The first-order chi connectivity index (χ1) is 8.02. The molecule has 3 heteroatoms. The second-order valence-corrected chi connectivity index (χ2v) is 5.27. The van der Waals surface area contributed by atoms with E-state index in [-0.39, 0.29) is 5.92 Å².